The maximum absolute atomic E-state index is 12.1. The Morgan fingerprint density at radius 2 is 2.28 bits per heavy atom. The molecule has 1 N–H and O–H groups in total. The molecule has 0 amide bonds. The van der Waals surface area contributed by atoms with Crippen molar-refractivity contribution in [1.29, 1.82) is 0 Å². The third-order valence-electron chi connectivity index (χ3n) is 2.17. The molecule has 0 aliphatic heterocycles. The maximum Gasteiger partial charge on any atom is 0.401 e. The second-order valence-electron chi connectivity index (χ2n) is 3.45. The van der Waals surface area contributed by atoms with E-state index in [-0.39, 0.29) is 11.0 Å². The van der Waals surface area contributed by atoms with E-state index >= 15 is 0 Å². The number of imidazole rings is 1. The van der Waals surface area contributed by atoms with E-state index in [0.29, 0.717) is 0 Å². The van der Waals surface area contributed by atoms with E-state index in [1.807, 2.05) is 5.32 Å². The first-order valence-corrected chi connectivity index (χ1v) is 5.19. The number of aromatic nitrogens is 2. The molecule has 1 aromatic heterocycles. The molecule has 0 radical (unpaired) electrons. The van der Waals surface area contributed by atoms with Gasteiger partial charge in [0.2, 0.25) is 0 Å². The average molecular weight is 286 g/mol. The molecule has 0 saturated heterocycles. The van der Waals surface area contributed by atoms with Gasteiger partial charge in [0.05, 0.1) is 19.9 Å². The molecule has 0 aliphatic carbocycles. The third kappa shape index (κ3) is 3.61. The lowest BCUT2D eigenvalue weighted by Gasteiger charge is -2.17. The van der Waals surface area contributed by atoms with E-state index in [1.165, 1.54) is 17.8 Å². The molecule has 18 heavy (non-hydrogen) atoms. The molecular weight excluding hydrogens is 275 g/mol. The summed E-state index contributed by atoms with van der Waals surface area (Å²) in [4.78, 5) is 15.2. The smallest absolute Gasteiger partial charge is 0.401 e. The Balaban J connectivity index is 2.92. The fourth-order valence-corrected chi connectivity index (χ4v) is 1.42. The van der Waals surface area contributed by atoms with Gasteiger partial charge in [0.25, 0.3) is 0 Å². The van der Waals surface area contributed by atoms with E-state index in [0.717, 1.165) is 7.11 Å². The number of nitrogens with one attached hydrogen (secondary N) is 1. The van der Waals surface area contributed by atoms with Crippen LogP contribution in [-0.4, -0.2) is 35.4 Å². The van der Waals surface area contributed by atoms with Gasteiger partial charge in [-0.2, -0.15) is 13.2 Å². The number of hydrogen-bond acceptors (Lipinski definition) is 4. The second kappa shape index (κ2) is 5.57. The van der Waals surface area contributed by atoms with E-state index in [2.05, 4.69) is 9.72 Å². The molecule has 1 unspecified atom stereocenters. The standard InChI is InChI=1S/C9H11ClF3N3O2/c1-16-5(10)3-14-7(16)6(8(17)18-2)15-4-9(11,12)13/h3,6,15H,4H2,1-2H3. The number of methoxy groups -OCH3 is 1. The summed E-state index contributed by atoms with van der Waals surface area (Å²) in [6.07, 6.45) is -3.21. The van der Waals surface area contributed by atoms with Crippen molar-refractivity contribution >= 4 is 17.6 Å². The molecule has 5 nitrogen and oxygen atoms in total. The van der Waals surface area contributed by atoms with Crippen molar-refractivity contribution in [2.75, 3.05) is 13.7 Å². The van der Waals surface area contributed by atoms with Crippen molar-refractivity contribution in [3.8, 4) is 0 Å². The molecule has 1 rings (SSSR count). The minimum atomic E-state index is -4.44. The summed E-state index contributed by atoms with van der Waals surface area (Å²) in [6, 6.07) is -1.32. The highest BCUT2D eigenvalue weighted by molar-refractivity contribution is 6.29. The van der Waals surface area contributed by atoms with Crippen molar-refractivity contribution < 1.29 is 22.7 Å². The average Bonchev–Trinajstić information content (AvgIpc) is 2.59. The lowest BCUT2D eigenvalue weighted by atomic mass is 10.2. The van der Waals surface area contributed by atoms with Gasteiger partial charge in [0, 0.05) is 7.05 Å². The predicted octanol–water partition coefficient (Wildman–Crippen LogP) is 1.44. The minimum absolute atomic E-state index is 0.0519. The van der Waals surface area contributed by atoms with Gasteiger partial charge >= 0.3 is 12.1 Å². The number of carbonyl (C=O) groups is 1. The van der Waals surface area contributed by atoms with Crippen LogP contribution in [0.1, 0.15) is 11.9 Å². The minimum Gasteiger partial charge on any atom is -0.468 e. The van der Waals surface area contributed by atoms with Gasteiger partial charge in [-0.15, -0.1) is 0 Å². The highest BCUT2D eigenvalue weighted by Gasteiger charge is 2.33. The third-order valence-corrected chi connectivity index (χ3v) is 2.52. The number of alkyl halides is 3. The van der Waals surface area contributed by atoms with Crippen LogP contribution in [0.3, 0.4) is 0 Å². The van der Waals surface area contributed by atoms with Gasteiger partial charge < -0.3 is 9.30 Å². The molecule has 0 fully saturated rings. The van der Waals surface area contributed by atoms with E-state index in [1.54, 1.807) is 0 Å². The number of rotatable bonds is 4. The topological polar surface area (TPSA) is 56.1 Å². The first-order valence-electron chi connectivity index (χ1n) is 4.81. The normalized spacial score (nSPS) is 13.4. The monoisotopic (exact) mass is 285 g/mol. The number of halogens is 4. The lowest BCUT2D eigenvalue weighted by molar-refractivity contribution is -0.147. The van der Waals surface area contributed by atoms with Gasteiger partial charge in [0.1, 0.15) is 11.0 Å². The van der Waals surface area contributed by atoms with Crippen molar-refractivity contribution in [2.45, 2.75) is 12.2 Å². The molecule has 1 heterocycles. The van der Waals surface area contributed by atoms with Crippen LogP contribution in [0.25, 0.3) is 0 Å². The Labute approximate surface area is 106 Å². The molecule has 102 valence electrons. The summed E-state index contributed by atoms with van der Waals surface area (Å²) in [5.74, 6) is -0.819. The van der Waals surface area contributed by atoms with Crippen LogP contribution in [0.5, 0.6) is 0 Å². The van der Waals surface area contributed by atoms with Crippen molar-refractivity contribution in [2.24, 2.45) is 7.05 Å². The SMILES string of the molecule is COC(=O)C(NCC(F)(F)F)c1ncc(Cl)n1C. The van der Waals surface area contributed by atoms with E-state index < -0.39 is 24.7 Å². The van der Waals surface area contributed by atoms with E-state index in [4.69, 9.17) is 11.6 Å². The maximum atomic E-state index is 12.1. The fraction of sp³-hybridized carbons (Fsp3) is 0.556. The fourth-order valence-electron chi connectivity index (χ4n) is 1.29. The number of nitrogens with zero attached hydrogens (tertiary/aromatic N) is 2. The molecular formula is C9H11ClF3N3O2. The number of ether oxygens (including phenoxy) is 1. The summed E-state index contributed by atoms with van der Waals surface area (Å²) in [5.41, 5.74) is 0. The Kier molecular flexibility index (Phi) is 4.58. The number of hydrogen-bond donors (Lipinski definition) is 1. The molecule has 0 spiro atoms. The predicted molar refractivity (Wildman–Crippen MR) is 57.0 cm³/mol. The Bertz CT molecular complexity index is 433. The summed E-state index contributed by atoms with van der Waals surface area (Å²) < 4.78 is 42.1. The summed E-state index contributed by atoms with van der Waals surface area (Å²) in [5, 5.41) is 2.24. The Morgan fingerprint density at radius 3 is 2.67 bits per heavy atom. The van der Waals surface area contributed by atoms with Crippen molar-refractivity contribution in [3.63, 3.8) is 0 Å². The molecule has 0 saturated carbocycles. The molecule has 0 aliphatic rings. The van der Waals surface area contributed by atoms with E-state index in [9.17, 15) is 18.0 Å². The van der Waals surface area contributed by atoms with Crippen LogP contribution in [-0.2, 0) is 16.6 Å². The first kappa shape index (κ1) is 14.8. The quantitative estimate of drug-likeness (QED) is 0.851. The highest BCUT2D eigenvalue weighted by atomic mass is 35.5. The van der Waals surface area contributed by atoms with Crippen molar-refractivity contribution in [3.05, 3.63) is 17.2 Å². The second-order valence-corrected chi connectivity index (χ2v) is 3.84. The van der Waals surface area contributed by atoms with Crippen LogP contribution in [0.2, 0.25) is 5.15 Å². The molecule has 1 aromatic rings. The van der Waals surface area contributed by atoms with Gasteiger partial charge in [-0.25, -0.2) is 9.78 Å². The molecule has 0 aromatic carbocycles. The van der Waals surface area contributed by atoms with Crippen LogP contribution in [0.4, 0.5) is 13.2 Å². The van der Waals surface area contributed by atoms with Gasteiger partial charge in [-0.1, -0.05) is 11.6 Å². The zero-order valence-electron chi connectivity index (χ0n) is 9.58. The Hall–Kier alpha value is -1.28. The largest absolute Gasteiger partial charge is 0.468 e. The molecule has 0 bridgehead atoms. The lowest BCUT2D eigenvalue weighted by Crippen LogP contribution is -2.37. The summed E-state index contributed by atoms with van der Waals surface area (Å²) >= 11 is 5.71. The van der Waals surface area contributed by atoms with Crippen LogP contribution >= 0.6 is 11.6 Å². The highest BCUT2D eigenvalue weighted by Crippen LogP contribution is 2.20. The van der Waals surface area contributed by atoms with Crippen molar-refractivity contribution in [1.82, 2.24) is 14.9 Å². The van der Waals surface area contributed by atoms with Gasteiger partial charge in [0.15, 0.2) is 6.04 Å². The molecule has 9 heteroatoms. The summed E-state index contributed by atoms with van der Waals surface area (Å²) in [6.45, 7) is -1.34. The molecule has 1 atom stereocenters. The van der Waals surface area contributed by atoms with Gasteiger partial charge in [-0.3, -0.25) is 5.32 Å². The van der Waals surface area contributed by atoms with Crippen LogP contribution in [0.15, 0.2) is 6.20 Å². The van der Waals surface area contributed by atoms with Crippen LogP contribution < -0.4 is 5.32 Å². The zero-order valence-corrected chi connectivity index (χ0v) is 10.3. The number of esters is 1. The van der Waals surface area contributed by atoms with Crippen LogP contribution in [0, 0.1) is 0 Å². The number of carbonyl (C=O) groups excluding carboxylic acids is 1. The first-order chi connectivity index (χ1) is 8.26. The summed E-state index contributed by atoms with van der Waals surface area (Å²) in [7, 11) is 2.56. The zero-order chi connectivity index (χ0) is 13.9. The van der Waals surface area contributed by atoms with Gasteiger partial charge in [-0.05, 0) is 0 Å². The Morgan fingerprint density at radius 1 is 1.67 bits per heavy atom.